The van der Waals surface area contributed by atoms with Crippen LogP contribution in [-0.2, 0) is 27.5 Å². The molecule has 0 heterocycles. The summed E-state index contributed by atoms with van der Waals surface area (Å²) in [5.74, 6) is -8.12. The lowest BCUT2D eigenvalue weighted by atomic mass is 9.80. The van der Waals surface area contributed by atoms with Crippen LogP contribution < -0.4 is 16.4 Å². The number of hydrogen-bond donors (Lipinski definition) is 4. The molecule has 4 unspecified atom stereocenters. The van der Waals surface area contributed by atoms with Gasteiger partial charge in [-0.15, -0.1) is 0 Å². The molecule has 0 aliphatic heterocycles. The molecule has 0 radical (unpaired) electrons. The molecule has 3 rings (SSSR count). The van der Waals surface area contributed by atoms with Crippen LogP contribution in [0.25, 0.3) is 0 Å². The summed E-state index contributed by atoms with van der Waals surface area (Å²) in [7, 11) is 0. The first-order valence-corrected chi connectivity index (χ1v) is 14.6. The first kappa shape index (κ1) is 33.1. The lowest BCUT2D eigenvalue weighted by Gasteiger charge is -2.36. The number of hydrogen-bond acceptors (Lipinski definition) is 6. The predicted octanol–water partition coefficient (Wildman–Crippen LogP) is 4.73. The van der Waals surface area contributed by atoms with Gasteiger partial charge in [-0.05, 0) is 29.4 Å². The number of alkyl carbamates (subject to hydrolysis) is 1. The molecular formula is C32H43F2N3O5. The number of carbonyl (C=O) groups is 3. The molecule has 0 saturated heterocycles. The number of halogens is 2. The third kappa shape index (κ3) is 9.32. The maximum Gasteiger partial charge on any atom is 0.407 e. The fourth-order valence-electron chi connectivity index (χ4n) is 5.46. The van der Waals surface area contributed by atoms with Crippen LogP contribution in [0.5, 0.6) is 0 Å². The van der Waals surface area contributed by atoms with Gasteiger partial charge in [-0.3, -0.25) is 9.59 Å². The zero-order chi connectivity index (χ0) is 30.7. The van der Waals surface area contributed by atoms with E-state index in [1.807, 2.05) is 12.1 Å². The van der Waals surface area contributed by atoms with Crippen LogP contribution in [0, 0.1) is 17.8 Å². The van der Waals surface area contributed by atoms with Crippen LogP contribution >= 0.6 is 0 Å². The van der Waals surface area contributed by atoms with Gasteiger partial charge in [0, 0.05) is 6.54 Å². The van der Waals surface area contributed by atoms with E-state index >= 15 is 8.78 Å². The SMILES string of the molecule is CC(C)C(C(=O)NCc1ccccc1)C(=O)C(N)C(F)(F)C(O)C(CC1CCCCC1)NC(=O)OCc1ccccc1. The van der Waals surface area contributed by atoms with E-state index in [9.17, 15) is 19.5 Å². The Balaban J connectivity index is 1.72. The molecule has 1 aliphatic carbocycles. The Morgan fingerprint density at radius 3 is 2.12 bits per heavy atom. The molecule has 230 valence electrons. The third-order valence-corrected chi connectivity index (χ3v) is 7.89. The molecule has 0 bridgehead atoms. The topological polar surface area (TPSA) is 131 Å². The highest BCUT2D eigenvalue weighted by Crippen LogP contribution is 2.33. The first-order valence-electron chi connectivity index (χ1n) is 14.6. The summed E-state index contributed by atoms with van der Waals surface area (Å²) in [4.78, 5) is 38.9. The maximum absolute atomic E-state index is 15.8. The molecule has 1 aliphatic rings. The Labute approximate surface area is 246 Å². The van der Waals surface area contributed by atoms with Gasteiger partial charge in [0.05, 0.1) is 6.04 Å². The third-order valence-electron chi connectivity index (χ3n) is 7.89. The Kier molecular flexibility index (Phi) is 12.4. The number of benzene rings is 2. The summed E-state index contributed by atoms with van der Waals surface area (Å²) in [5, 5.41) is 16.0. The summed E-state index contributed by atoms with van der Waals surface area (Å²) < 4.78 is 36.8. The predicted molar refractivity (Wildman–Crippen MR) is 155 cm³/mol. The normalized spacial score (nSPS) is 17.1. The van der Waals surface area contributed by atoms with Gasteiger partial charge in [-0.2, -0.15) is 0 Å². The number of Topliss-reactive ketones (excluding diaryl/α,β-unsaturated/α-hetero) is 1. The van der Waals surface area contributed by atoms with Gasteiger partial charge in [-0.25, -0.2) is 13.6 Å². The van der Waals surface area contributed by atoms with Gasteiger partial charge in [0.15, 0.2) is 5.78 Å². The van der Waals surface area contributed by atoms with Gasteiger partial charge in [0.2, 0.25) is 5.91 Å². The van der Waals surface area contributed by atoms with E-state index < -0.39 is 53.7 Å². The maximum atomic E-state index is 15.8. The number of carbonyl (C=O) groups excluding carboxylic acids is 3. The van der Waals surface area contributed by atoms with Gasteiger partial charge in [0.25, 0.3) is 5.92 Å². The molecule has 42 heavy (non-hydrogen) atoms. The van der Waals surface area contributed by atoms with Crippen molar-refractivity contribution in [3.8, 4) is 0 Å². The Hall–Kier alpha value is -3.37. The molecule has 4 atom stereocenters. The van der Waals surface area contributed by atoms with Crippen LogP contribution in [0.2, 0.25) is 0 Å². The Morgan fingerprint density at radius 1 is 0.976 bits per heavy atom. The number of aliphatic hydroxyl groups is 1. The van der Waals surface area contributed by atoms with Crippen LogP contribution in [0.15, 0.2) is 60.7 Å². The number of nitrogens with two attached hydrogens (primary N) is 1. The number of rotatable bonds is 14. The zero-order valence-corrected chi connectivity index (χ0v) is 24.3. The van der Waals surface area contributed by atoms with Gasteiger partial charge in [0.1, 0.15) is 24.7 Å². The summed E-state index contributed by atoms with van der Waals surface area (Å²) in [6, 6.07) is 13.9. The Morgan fingerprint density at radius 2 is 1.55 bits per heavy atom. The van der Waals surface area contributed by atoms with E-state index in [2.05, 4.69) is 10.6 Å². The summed E-state index contributed by atoms with van der Waals surface area (Å²) in [6.45, 7) is 3.18. The molecule has 5 N–H and O–H groups in total. The molecule has 10 heteroatoms. The largest absolute Gasteiger partial charge is 0.445 e. The number of alkyl halides is 2. The van der Waals surface area contributed by atoms with Gasteiger partial charge in [-0.1, -0.05) is 107 Å². The quantitative estimate of drug-likeness (QED) is 0.236. The highest BCUT2D eigenvalue weighted by Gasteiger charge is 2.54. The monoisotopic (exact) mass is 587 g/mol. The molecule has 2 aromatic rings. The fraction of sp³-hybridized carbons (Fsp3) is 0.531. The minimum atomic E-state index is -4.14. The molecule has 1 fully saturated rings. The second-order valence-electron chi connectivity index (χ2n) is 11.5. The average molecular weight is 588 g/mol. The zero-order valence-electron chi connectivity index (χ0n) is 24.3. The second-order valence-corrected chi connectivity index (χ2v) is 11.5. The molecule has 0 aromatic heterocycles. The van der Waals surface area contributed by atoms with Crippen LogP contribution in [0.4, 0.5) is 13.6 Å². The second kappa shape index (κ2) is 15.7. The van der Waals surface area contributed by atoms with Crippen molar-refractivity contribution in [2.24, 2.45) is 23.5 Å². The molecule has 0 spiro atoms. The number of ether oxygens (including phenoxy) is 1. The van der Waals surface area contributed by atoms with Crippen molar-refractivity contribution < 1.29 is 33.0 Å². The highest BCUT2D eigenvalue weighted by atomic mass is 19.3. The van der Waals surface area contributed by atoms with E-state index in [1.165, 1.54) is 0 Å². The van der Waals surface area contributed by atoms with Crippen molar-refractivity contribution in [1.29, 1.82) is 0 Å². The number of ketones is 1. The molecular weight excluding hydrogens is 544 g/mol. The summed E-state index contributed by atoms with van der Waals surface area (Å²) in [5.41, 5.74) is 7.32. The fourth-order valence-corrected chi connectivity index (χ4v) is 5.46. The lowest BCUT2D eigenvalue weighted by Crippen LogP contribution is -2.62. The van der Waals surface area contributed by atoms with Gasteiger partial charge < -0.3 is 26.2 Å². The van der Waals surface area contributed by atoms with E-state index in [4.69, 9.17) is 10.5 Å². The minimum Gasteiger partial charge on any atom is -0.445 e. The number of aliphatic hydroxyl groups excluding tert-OH is 1. The van der Waals surface area contributed by atoms with E-state index in [-0.39, 0.29) is 25.5 Å². The van der Waals surface area contributed by atoms with Crippen LogP contribution in [-0.4, -0.2) is 47.0 Å². The molecule has 1 saturated carbocycles. The standard InChI is InChI=1S/C32H43F2N3O5/c1-21(2)26(30(40)36-19-23-14-8-4-9-15-23)27(38)28(35)32(33,34)29(39)25(18-22-12-6-3-7-13-22)37-31(41)42-20-24-16-10-5-11-17-24/h4-5,8-11,14-17,21-22,25-26,28-29,39H,3,6-7,12-13,18-20,35H2,1-2H3,(H,36,40)(H,37,41). The molecule has 8 nitrogen and oxygen atoms in total. The number of amides is 2. The number of nitrogens with one attached hydrogen (secondary N) is 2. The van der Waals surface area contributed by atoms with Crippen molar-refractivity contribution in [1.82, 2.24) is 10.6 Å². The van der Waals surface area contributed by atoms with Crippen molar-refractivity contribution in [2.45, 2.75) is 89.6 Å². The van der Waals surface area contributed by atoms with Crippen molar-refractivity contribution in [3.05, 3.63) is 71.8 Å². The smallest absolute Gasteiger partial charge is 0.407 e. The minimum absolute atomic E-state index is 0.00252. The van der Waals surface area contributed by atoms with Gasteiger partial charge >= 0.3 is 6.09 Å². The van der Waals surface area contributed by atoms with E-state index in [1.54, 1.807) is 62.4 Å². The highest BCUT2D eigenvalue weighted by molar-refractivity contribution is 6.04. The van der Waals surface area contributed by atoms with Crippen molar-refractivity contribution >= 4 is 17.8 Å². The average Bonchev–Trinajstić information content (AvgIpc) is 2.99. The summed E-state index contributed by atoms with van der Waals surface area (Å²) >= 11 is 0. The lowest BCUT2D eigenvalue weighted by molar-refractivity contribution is -0.159. The van der Waals surface area contributed by atoms with E-state index in [0.29, 0.717) is 5.56 Å². The van der Waals surface area contributed by atoms with Crippen LogP contribution in [0.1, 0.15) is 63.5 Å². The first-order chi connectivity index (χ1) is 20.0. The molecule has 2 aromatic carbocycles. The van der Waals surface area contributed by atoms with Crippen LogP contribution in [0.3, 0.4) is 0 Å². The van der Waals surface area contributed by atoms with E-state index in [0.717, 1.165) is 37.7 Å². The van der Waals surface area contributed by atoms with Crippen molar-refractivity contribution in [3.63, 3.8) is 0 Å². The Bertz CT molecular complexity index is 1140. The summed E-state index contributed by atoms with van der Waals surface area (Å²) in [6.07, 6.45) is 1.06. The molecule has 2 amide bonds. The van der Waals surface area contributed by atoms with Crippen molar-refractivity contribution in [2.75, 3.05) is 0 Å².